The van der Waals surface area contributed by atoms with Gasteiger partial charge >= 0.3 is 5.97 Å². The number of rotatable bonds is 3. The maximum absolute atomic E-state index is 11.5. The lowest BCUT2D eigenvalue weighted by Gasteiger charge is -2.33. The number of hydrogen-bond acceptors (Lipinski definition) is 3. The van der Waals surface area contributed by atoms with E-state index in [0.29, 0.717) is 5.82 Å². The Morgan fingerprint density at radius 1 is 1.38 bits per heavy atom. The van der Waals surface area contributed by atoms with Gasteiger partial charge in [-0.3, -0.25) is 9.69 Å². The van der Waals surface area contributed by atoms with Crippen molar-refractivity contribution in [2.75, 3.05) is 4.90 Å². The van der Waals surface area contributed by atoms with Gasteiger partial charge in [0.1, 0.15) is 11.4 Å². The number of hydrogen-bond donors (Lipinski definition) is 1. The lowest BCUT2D eigenvalue weighted by Crippen LogP contribution is -2.53. The van der Waals surface area contributed by atoms with Crippen LogP contribution in [0.2, 0.25) is 0 Å². The van der Waals surface area contributed by atoms with Crippen LogP contribution in [0.25, 0.3) is 0 Å². The van der Waals surface area contributed by atoms with Gasteiger partial charge in [0.2, 0.25) is 5.91 Å². The van der Waals surface area contributed by atoms with Crippen LogP contribution in [0.4, 0.5) is 5.82 Å². The van der Waals surface area contributed by atoms with Crippen molar-refractivity contribution in [3.63, 3.8) is 0 Å². The smallest absolute Gasteiger partial charge is 0.329 e. The Hall–Kier alpha value is -1.91. The maximum Gasteiger partial charge on any atom is 0.329 e. The molecule has 1 rings (SSSR count). The molecule has 1 aromatic heterocycles. The zero-order valence-electron chi connectivity index (χ0n) is 9.47. The standard InChI is InChI=1S/C11H14N2O3/c1-8(14)13(11(2,3)10(15)16)9-6-4-5-7-12-9/h4-7H,1-3H3,(H,15,16). The largest absolute Gasteiger partial charge is 0.480 e. The second-order valence-electron chi connectivity index (χ2n) is 3.91. The molecule has 0 saturated heterocycles. The highest BCUT2D eigenvalue weighted by Crippen LogP contribution is 2.22. The monoisotopic (exact) mass is 222 g/mol. The fourth-order valence-electron chi connectivity index (χ4n) is 1.42. The molecule has 86 valence electrons. The van der Waals surface area contributed by atoms with E-state index in [4.69, 9.17) is 5.11 Å². The average molecular weight is 222 g/mol. The normalized spacial score (nSPS) is 10.9. The zero-order valence-corrected chi connectivity index (χ0v) is 9.47. The SMILES string of the molecule is CC(=O)N(c1ccccn1)C(C)(C)C(=O)O. The summed E-state index contributed by atoms with van der Waals surface area (Å²) in [5, 5.41) is 9.10. The summed E-state index contributed by atoms with van der Waals surface area (Å²) in [6, 6.07) is 5.01. The molecule has 16 heavy (non-hydrogen) atoms. The van der Waals surface area contributed by atoms with E-state index in [1.807, 2.05) is 0 Å². The first-order chi connectivity index (χ1) is 7.37. The van der Waals surface area contributed by atoms with Crippen molar-refractivity contribution in [1.29, 1.82) is 0 Å². The van der Waals surface area contributed by atoms with Crippen LogP contribution < -0.4 is 4.90 Å². The van der Waals surface area contributed by atoms with Crippen molar-refractivity contribution in [1.82, 2.24) is 4.98 Å². The molecule has 1 N–H and O–H groups in total. The van der Waals surface area contributed by atoms with Crippen LogP contribution in [0.15, 0.2) is 24.4 Å². The van der Waals surface area contributed by atoms with Crippen molar-refractivity contribution >= 4 is 17.7 Å². The molecule has 0 aromatic carbocycles. The minimum absolute atomic E-state index is 0.336. The Morgan fingerprint density at radius 3 is 2.38 bits per heavy atom. The number of pyridine rings is 1. The highest BCUT2D eigenvalue weighted by Gasteiger charge is 2.38. The van der Waals surface area contributed by atoms with Gasteiger partial charge in [0.25, 0.3) is 0 Å². The van der Waals surface area contributed by atoms with E-state index in [1.165, 1.54) is 27.0 Å². The topological polar surface area (TPSA) is 70.5 Å². The summed E-state index contributed by atoms with van der Waals surface area (Å²) >= 11 is 0. The molecule has 0 radical (unpaired) electrons. The molecule has 0 fully saturated rings. The average Bonchev–Trinajstić information content (AvgIpc) is 2.18. The molecular formula is C11H14N2O3. The highest BCUT2D eigenvalue weighted by atomic mass is 16.4. The molecule has 5 heteroatoms. The minimum Gasteiger partial charge on any atom is -0.480 e. The summed E-state index contributed by atoms with van der Waals surface area (Å²) in [7, 11) is 0. The van der Waals surface area contributed by atoms with E-state index in [9.17, 15) is 9.59 Å². The van der Waals surface area contributed by atoms with Crippen molar-refractivity contribution < 1.29 is 14.7 Å². The third kappa shape index (κ3) is 2.18. The summed E-state index contributed by atoms with van der Waals surface area (Å²) in [6.07, 6.45) is 1.52. The van der Waals surface area contributed by atoms with Crippen LogP contribution >= 0.6 is 0 Å². The Morgan fingerprint density at radius 2 is 2.00 bits per heavy atom. The van der Waals surface area contributed by atoms with Crippen LogP contribution in [0.5, 0.6) is 0 Å². The van der Waals surface area contributed by atoms with Gasteiger partial charge in [0.15, 0.2) is 0 Å². The van der Waals surface area contributed by atoms with Gasteiger partial charge in [-0.2, -0.15) is 0 Å². The first kappa shape index (κ1) is 12.2. The molecule has 0 aliphatic heterocycles. The highest BCUT2D eigenvalue weighted by molar-refractivity contribution is 5.99. The van der Waals surface area contributed by atoms with Crippen LogP contribution in [-0.4, -0.2) is 27.5 Å². The number of carbonyl (C=O) groups is 2. The zero-order chi connectivity index (χ0) is 12.3. The summed E-state index contributed by atoms with van der Waals surface area (Å²) in [6.45, 7) is 4.25. The number of anilines is 1. The van der Waals surface area contributed by atoms with Crippen molar-refractivity contribution in [3.8, 4) is 0 Å². The molecule has 0 aliphatic rings. The van der Waals surface area contributed by atoms with Crippen molar-refractivity contribution in [2.45, 2.75) is 26.3 Å². The number of amides is 1. The van der Waals surface area contributed by atoms with Gasteiger partial charge in [-0.25, -0.2) is 9.78 Å². The number of aliphatic carboxylic acids is 1. The first-order valence-corrected chi connectivity index (χ1v) is 4.82. The van der Waals surface area contributed by atoms with E-state index in [-0.39, 0.29) is 5.91 Å². The minimum atomic E-state index is -1.32. The molecule has 0 atom stereocenters. The van der Waals surface area contributed by atoms with Crippen LogP contribution in [0, 0.1) is 0 Å². The molecule has 1 amide bonds. The first-order valence-electron chi connectivity index (χ1n) is 4.82. The molecule has 0 aliphatic carbocycles. The number of nitrogens with zero attached hydrogens (tertiary/aromatic N) is 2. The van der Waals surface area contributed by atoms with Gasteiger partial charge < -0.3 is 5.11 Å². The fraction of sp³-hybridized carbons (Fsp3) is 0.364. The number of carbonyl (C=O) groups excluding carboxylic acids is 1. The molecule has 0 saturated carbocycles. The summed E-state index contributed by atoms with van der Waals surface area (Å²) in [4.78, 5) is 27.8. The quantitative estimate of drug-likeness (QED) is 0.836. The van der Waals surface area contributed by atoms with E-state index >= 15 is 0 Å². The number of aromatic nitrogens is 1. The summed E-state index contributed by atoms with van der Waals surface area (Å²) in [5.74, 6) is -1.10. The Balaban J connectivity index is 3.21. The summed E-state index contributed by atoms with van der Waals surface area (Å²) in [5.41, 5.74) is -1.32. The summed E-state index contributed by atoms with van der Waals surface area (Å²) < 4.78 is 0. The molecule has 0 bridgehead atoms. The molecule has 0 spiro atoms. The van der Waals surface area contributed by atoms with Crippen molar-refractivity contribution in [3.05, 3.63) is 24.4 Å². The molecule has 0 unspecified atom stereocenters. The Bertz CT molecular complexity index is 401. The third-order valence-corrected chi connectivity index (χ3v) is 2.28. The lowest BCUT2D eigenvalue weighted by atomic mass is 10.0. The molecule has 5 nitrogen and oxygen atoms in total. The van der Waals surface area contributed by atoms with Crippen LogP contribution in [0.1, 0.15) is 20.8 Å². The lowest BCUT2D eigenvalue weighted by molar-refractivity contribution is -0.143. The Kier molecular flexibility index (Phi) is 3.27. The van der Waals surface area contributed by atoms with E-state index < -0.39 is 11.5 Å². The third-order valence-electron chi connectivity index (χ3n) is 2.28. The fourth-order valence-corrected chi connectivity index (χ4v) is 1.42. The second kappa shape index (κ2) is 4.30. The van der Waals surface area contributed by atoms with Crippen LogP contribution in [-0.2, 0) is 9.59 Å². The van der Waals surface area contributed by atoms with E-state index in [2.05, 4.69) is 4.98 Å². The van der Waals surface area contributed by atoms with Gasteiger partial charge in [0.05, 0.1) is 0 Å². The van der Waals surface area contributed by atoms with Gasteiger partial charge in [-0.1, -0.05) is 6.07 Å². The number of carboxylic acids is 1. The van der Waals surface area contributed by atoms with Gasteiger partial charge in [0, 0.05) is 13.1 Å². The maximum atomic E-state index is 11.5. The van der Waals surface area contributed by atoms with Crippen LogP contribution in [0.3, 0.4) is 0 Å². The molecule has 1 heterocycles. The predicted octanol–water partition coefficient (Wildman–Crippen LogP) is 1.30. The molecular weight excluding hydrogens is 208 g/mol. The second-order valence-corrected chi connectivity index (χ2v) is 3.91. The van der Waals surface area contributed by atoms with Crippen molar-refractivity contribution in [2.24, 2.45) is 0 Å². The predicted molar refractivity (Wildman–Crippen MR) is 59.1 cm³/mol. The number of carboxylic acid groups (broad SMARTS) is 1. The van der Waals surface area contributed by atoms with E-state index in [0.717, 1.165) is 4.90 Å². The molecule has 1 aromatic rings. The van der Waals surface area contributed by atoms with Gasteiger partial charge in [-0.05, 0) is 26.0 Å². The van der Waals surface area contributed by atoms with E-state index in [1.54, 1.807) is 18.2 Å². The Labute approximate surface area is 93.7 Å². The van der Waals surface area contributed by atoms with Gasteiger partial charge in [-0.15, -0.1) is 0 Å².